The van der Waals surface area contributed by atoms with Crippen molar-refractivity contribution in [1.82, 2.24) is 0 Å². The Bertz CT molecular complexity index is 1230. The number of quaternary nitrogens is 1. The molecule has 6 aliphatic rings. The van der Waals surface area contributed by atoms with Crippen LogP contribution in [0.1, 0.15) is 24.8 Å². The second-order valence-corrected chi connectivity index (χ2v) is 10.6. The molecule has 4 fully saturated rings. The molecule has 2 bridgehead atoms. The van der Waals surface area contributed by atoms with Crippen LogP contribution in [0, 0.1) is 11.8 Å². The zero-order valence-corrected chi connectivity index (χ0v) is 20.8. The number of nitrogens with one attached hydrogen (secondary N) is 1. The lowest BCUT2D eigenvalue weighted by Gasteiger charge is -2.56. The molecule has 7 atom stereocenters. The van der Waals surface area contributed by atoms with Gasteiger partial charge in [-0.2, -0.15) is 0 Å². The van der Waals surface area contributed by atoms with Gasteiger partial charge in [0.1, 0.15) is 6.04 Å². The third-order valence-electron chi connectivity index (χ3n) is 9.36. The predicted molar refractivity (Wildman–Crippen MR) is 127 cm³/mol. The van der Waals surface area contributed by atoms with Crippen LogP contribution in [-0.2, 0) is 24.5 Å². The van der Waals surface area contributed by atoms with Crippen molar-refractivity contribution in [3.63, 3.8) is 0 Å². The first-order valence-electron chi connectivity index (χ1n) is 12.7. The Kier molecular flexibility index (Phi) is 5.57. The Hall–Kier alpha value is -3.37. The number of ether oxygens (including phenoxy) is 3. The van der Waals surface area contributed by atoms with Crippen LogP contribution in [0.5, 0.6) is 11.5 Å². The molecule has 10 nitrogen and oxygen atoms in total. The summed E-state index contributed by atoms with van der Waals surface area (Å²) in [4.78, 5) is 36.3. The molecule has 0 aromatic heterocycles. The van der Waals surface area contributed by atoms with E-state index in [9.17, 15) is 19.5 Å². The second-order valence-electron chi connectivity index (χ2n) is 10.6. The first-order chi connectivity index (χ1) is 17.8. The van der Waals surface area contributed by atoms with E-state index in [0.29, 0.717) is 48.8 Å². The van der Waals surface area contributed by atoms with Gasteiger partial charge in [0, 0.05) is 30.9 Å². The number of amides is 1. The van der Waals surface area contributed by atoms with Gasteiger partial charge in [-0.1, -0.05) is 6.08 Å². The summed E-state index contributed by atoms with van der Waals surface area (Å²) in [5, 5.41) is 17.2. The van der Waals surface area contributed by atoms with Gasteiger partial charge in [0.2, 0.25) is 5.91 Å². The van der Waals surface area contributed by atoms with Crippen molar-refractivity contribution >= 4 is 23.5 Å². The number of hydrogen-bond acceptors (Lipinski definition) is 7. The third-order valence-corrected chi connectivity index (χ3v) is 9.36. The van der Waals surface area contributed by atoms with E-state index in [4.69, 9.17) is 19.3 Å². The monoisotopic (exact) mass is 510 g/mol. The Morgan fingerprint density at radius 3 is 2.68 bits per heavy atom. The quantitative estimate of drug-likeness (QED) is 0.393. The molecule has 1 aromatic rings. The zero-order chi connectivity index (χ0) is 26.1. The first-order valence-corrected chi connectivity index (χ1v) is 12.7. The Morgan fingerprint density at radius 2 is 2.00 bits per heavy atom. The zero-order valence-electron chi connectivity index (χ0n) is 20.8. The molecule has 5 heterocycles. The highest BCUT2D eigenvalue weighted by molar-refractivity contribution is 5.99. The highest BCUT2D eigenvalue weighted by atomic mass is 16.5. The molecule has 196 valence electrons. The lowest BCUT2D eigenvalue weighted by atomic mass is 9.53. The van der Waals surface area contributed by atoms with E-state index in [0.717, 1.165) is 24.4 Å². The normalized spacial score (nSPS) is 35.7. The van der Waals surface area contributed by atoms with Crippen LogP contribution in [0.4, 0.5) is 5.69 Å². The SMILES string of the molecule is COc1cc2c(cc1OC)[C@@]13CC[NH+]4CC5=CCO[C@H]6CC(=O)N2[C@H]1[C@H]6[C@H]5C[C@H]43.O=C([O-])/C=C\C(=O)O. The number of rotatable bonds is 4. The third kappa shape index (κ3) is 3.35. The molecule has 2 N–H and O–H groups in total. The van der Waals surface area contributed by atoms with E-state index in [2.05, 4.69) is 23.1 Å². The average molecular weight is 511 g/mol. The van der Waals surface area contributed by atoms with E-state index < -0.39 is 11.9 Å². The molecule has 37 heavy (non-hydrogen) atoms. The summed E-state index contributed by atoms with van der Waals surface area (Å²) in [6.07, 6.45) is 6.16. The smallest absolute Gasteiger partial charge is 0.328 e. The number of methoxy groups -OCH3 is 2. The molecule has 1 amide bonds. The lowest BCUT2D eigenvalue weighted by Crippen LogP contribution is -3.16. The van der Waals surface area contributed by atoms with Crippen molar-refractivity contribution in [1.29, 1.82) is 0 Å². The average Bonchev–Trinajstić information content (AvgIpc) is 3.34. The van der Waals surface area contributed by atoms with Gasteiger partial charge in [0.05, 0.1) is 69.6 Å². The number of aliphatic carboxylic acids is 2. The van der Waals surface area contributed by atoms with Gasteiger partial charge in [-0.25, -0.2) is 4.79 Å². The topological polar surface area (TPSA) is 130 Å². The molecule has 7 rings (SSSR count). The summed E-state index contributed by atoms with van der Waals surface area (Å²) in [5.74, 6) is -0.171. The molecule has 5 aliphatic heterocycles. The summed E-state index contributed by atoms with van der Waals surface area (Å²) in [5.41, 5.74) is 3.96. The van der Waals surface area contributed by atoms with Gasteiger partial charge < -0.3 is 39.0 Å². The van der Waals surface area contributed by atoms with E-state index in [-0.39, 0.29) is 23.5 Å². The number of hydrogen-bond donors (Lipinski definition) is 2. The van der Waals surface area contributed by atoms with Crippen molar-refractivity contribution in [2.45, 2.75) is 42.9 Å². The fourth-order valence-electron chi connectivity index (χ4n) is 8.23. The van der Waals surface area contributed by atoms with Gasteiger partial charge in [0.15, 0.2) is 11.5 Å². The van der Waals surface area contributed by atoms with Crippen LogP contribution in [0.2, 0.25) is 0 Å². The number of fused-ring (bicyclic) bond motifs is 2. The summed E-state index contributed by atoms with van der Waals surface area (Å²) in [7, 11) is 3.37. The van der Waals surface area contributed by atoms with Gasteiger partial charge in [0.25, 0.3) is 0 Å². The number of piperidine rings is 2. The van der Waals surface area contributed by atoms with Crippen LogP contribution in [0.3, 0.4) is 0 Å². The van der Waals surface area contributed by atoms with E-state index in [1.165, 1.54) is 18.5 Å². The van der Waals surface area contributed by atoms with E-state index in [1.54, 1.807) is 24.7 Å². The van der Waals surface area contributed by atoms with Crippen molar-refractivity contribution in [3.8, 4) is 11.5 Å². The fraction of sp³-hybridized carbons (Fsp3) is 0.519. The van der Waals surface area contributed by atoms with Crippen LogP contribution in [0.25, 0.3) is 0 Å². The Balaban J connectivity index is 0.000000277. The molecular weight excluding hydrogens is 480 g/mol. The maximum atomic E-state index is 13.5. The summed E-state index contributed by atoms with van der Waals surface area (Å²) in [6.45, 7) is 2.98. The molecule has 1 unspecified atom stereocenters. The molecule has 1 aliphatic carbocycles. The number of carboxylic acid groups (broad SMARTS) is 2. The number of carbonyl (C=O) groups is 3. The number of benzene rings is 1. The minimum absolute atomic E-state index is 0.0128. The maximum Gasteiger partial charge on any atom is 0.328 e. The molecule has 1 aromatic carbocycles. The fourth-order valence-corrected chi connectivity index (χ4v) is 8.23. The van der Waals surface area contributed by atoms with Crippen molar-refractivity contribution in [2.24, 2.45) is 11.8 Å². The van der Waals surface area contributed by atoms with Crippen LogP contribution < -0.4 is 24.4 Å². The lowest BCUT2D eigenvalue weighted by molar-refractivity contribution is -0.916. The summed E-state index contributed by atoms with van der Waals surface area (Å²) in [6, 6.07) is 5.00. The number of carboxylic acids is 2. The van der Waals surface area contributed by atoms with Crippen molar-refractivity contribution in [3.05, 3.63) is 41.5 Å². The largest absolute Gasteiger partial charge is 0.545 e. The minimum atomic E-state index is -1.51. The van der Waals surface area contributed by atoms with Gasteiger partial charge >= 0.3 is 5.97 Å². The summed E-state index contributed by atoms with van der Waals surface area (Å²) < 4.78 is 17.6. The predicted octanol–water partition coefficient (Wildman–Crippen LogP) is -0.930. The van der Waals surface area contributed by atoms with Crippen molar-refractivity contribution < 1.29 is 43.7 Å². The van der Waals surface area contributed by atoms with E-state index in [1.807, 2.05) is 0 Å². The molecule has 3 saturated heterocycles. The standard InChI is InChI=1S/C23H26N2O4.C4H4O4/c1-27-16-8-14-15(9-17(16)28-2)25-20(26)10-18-21-13-7-19-23(14,22(21)25)4-5-24(19)11-12(13)3-6-29-18;5-3(6)1-2-4(7)8/h3,8-9,13,18-19,21-22H,4-7,10-11H2,1-2H3;1-2H,(H,5,6)(H,7,8)/b;2-1-/t13-,18-,19-,21-,22-,23+;/m0./s1. The van der Waals surface area contributed by atoms with Gasteiger partial charge in [-0.3, -0.25) is 4.79 Å². The molecule has 1 saturated carbocycles. The number of nitrogens with zero attached hydrogens (tertiary/aromatic N) is 1. The Morgan fingerprint density at radius 1 is 1.24 bits per heavy atom. The maximum absolute atomic E-state index is 13.5. The highest BCUT2D eigenvalue weighted by Crippen LogP contribution is 2.63. The highest BCUT2D eigenvalue weighted by Gasteiger charge is 2.73. The van der Waals surface area contributed by atoms with Gasteiger partial charge in [-0.15, -0.1) is 0 Å². The van der Waals surface area contributed by atoms with Crippen LogP contribution >= 0.6 is 0 Å². The number of anilines is 1. The number of carbonyl (C=O) groups excluding carboxylic acids is 2. The second kappa shape index (κ2) is 8.59. The first kappa shape index (κ1) is 24.0. The van der Waals surface area contributed by atoms with E-state index >= 15 is 0 Å². The molecule has 1 spiro atoms. The van der Waals surface area contributed by atoms with Crippen LogP contribution in [-0.4, -0.2) is 75.1 Å². The molecule has 0 radical (unpaired) electrons. The van der Waals surface area contributed by atoms with Crippen molar-refractivity contribution in [2.75, 3.05) is 38.8 Å². The minimum Gasteiger partial charge on any atom is -0.545 e. The van der Waals surface area contributed by atoms with Gasteiger partial charge in [-0.05, 0) is 29.2 Å². The molecule has 10 heteroatoms. The Labute approximate surface area is 214 Å². The van der Waals surface area contributed by atoms with Crippen LogP contribution in [0.15, 0.2) is 35.9 Å². The molecular formula is C27H30N2O8. The summed E-state index contributed by atoms with van der Waals surface area (Å²) >= 11 is 0.